The number of nitrogens with one attached hydrogen (secondary N) is 1. The Balaban J connectivity index is 2.29. The smallest absolute Gasteiger partial charge is 0.241 e. The van der Waals surface area contributed by atoms with Crippen molar-refractivity contribution in [1.29, 1.82) is 0 Å². The zero-order chi connectivity index (χ0) is 14.1. The first-order valence-electron chi connectivity index (χ1n) is 5.98. The minimum atomic E-state index is -3.65. The minimum absolute atomic E-state index is 0.142. The average Bonchev–Trinajstić information content (AvgIpc) is 2.81. The summed E-state index contributed by atoms with van der Waals surface area (Å²) >= 11 is 9.06. The average molecular weight is 369 g/mol. The van der Waals surface area contributed by atoms with Crippen LogP contribution in [0.3, 0.4) is 0 Å². The van der Waals surface area contributed by atoms with E-state index in [1.165, 1.54) is 18.2 Å². The molecule has 1 saturated carbocycles. The van der Waals surface area contributed by atoms with E-state index < -0.39 is 15.6 Å². The van der Waals surface area contributed by atoms with E-state index in [0.717, 1.165) is 12.8 Å². The van der Waals surface area contributed by atoms with Gasteiger partial charge in [-0.25, -0.2) is 13.1 Å². The molecule has 0 heterocycles. The van der Waals surface area contributed by atoms with E-state index in [1.54, 1.807) is 0 Å². The highest BCUT2D eigenvalue weighted by Gasteiger charge is 2.37. The molecule has 0 amide bonds. The van der Waals surface area contributed by atoms with E-state index >= 15 is 0 Å². The molecule has 1 aliphatic rings. The van der Waals surface area contributed by atoms with E-state index in [4.69, 9.17) is 11.6 Å². The molecule has 2 N–H and O–H groups in total. The van der Waals surface area contributed by atoms with Crippen molar-refractivity contribution in [3.63, 3.8) is 0 Å². The second kappa shape index (κ2) is 5.69. The molecule has 0 aliphatic heterocycles. The fraction of sp³-hybridized carbons (Fsp3) is 0.500. The summed E-state index contributed by atoms with van der Waals surface area (Å²) in [5, 5.41) is 9.92. The molecule has 0 unspecified atom stereocenters. The summed E-state index contributed by atoms with van der Waals surface area (Å²) in [4.78, 5) is 0.142. The molecule has 106 valence electrons. The van der Waals surface area contributed by atoms with Gasteiger partial charge in [0.25, 0.3) is 0 Å². The first-order chi connectivity index (χ1) is 8.88. The van der Waals surface area contributed by atoms with Gasteiger partial charge in [0.05, 0.1) is 22.1 Å². The van der Waals surface area contributed by atoms with Gasteiger partial charge in [-0.15, -0.1) is 0 Å². The predicted molar refractivity (Wildman–Crippen MR) is 77.8 cm³/mol. The van der Waals surface area contributed by atoms with Gasteiger partial charge in [-0.05, 0) is 47.0 Å². The van der Waals surface area contributed by atoms with Crippen LogP contribution in [0.25, 0.3) is 0 Å². The van der Waals surface area contributed by atoms with Crippen LogP contribution in [0.2, 0.25) is 5.02 Å². The summed E-state index contributed by atoms with van der Waals surface area (Å²) in [6.45, 7) is -0.180. The Morgan fingerprint density at radius 3 is 2.53 bits per heavy atom. The third-order valence-corrected chi connectivity index (χ3v) is 6.21. The third-order valence-electron chi connectivity index (χ3n) is 3.42. The second-order valence-corrected chi connectivity index (χ2v) is 7.77. The van der Waals surface area contributed by atoms with Crippen molar-refractivity contribution in [2.45, 2.75) is 36.1 Å². The van der Waals surface area contributed by atoms with E-state index in [9.17, 15) is 13.5 Å². The molecule has 0 saturated heterocycles. The molecule has 1 aliphatic carbocycles. The molecule has 1 aromatic carbocycles. The molecule has 0 atom stereocenters. The first-order valence-corrected chi connectivity index (χ1v) is 8.64. The number of hydrogen-bond donors (Lipinski definition) is 2. The summed E-state index contributed by atoms with van der Waals surface area (Å²) in [5.74, 6) is 0. The maximum atomic E-state index is 12.3. The van der Waals surface area contributed by atoms with Gasteiger partial charge in [-0.1, -0.05) is 24.4 Å². The molecule has 0 spiro atoms. The van der Waals surface area contributed by atoms with Crippen LogP contribution in [-0.2, 0) is 10.0 Å². The van der Waals surface area contributed by atoms with Gasteiger partial charge in [-0.2, -0.15) is 0 Å². The summed E-state index contributed by atoms with van der Waals surface area (Å²) in [6, 6.07) is 4.45. The quantitative estimate of drug-likeness (QED) is 0.858. The Bertz CT molecular complexity index is 570. The fourth-order valence-corrected chi connectivity index (χ4v) is 4.46. The van der Waals surface area contributed by atoms with Crippen LogP contribution < -0.4 is 4.72 Å². The van der Waals surface area contributed by atoms with Crippen LogP contribution in [0.4, 0.5) is 0 Å². The molecule has 0 radical (unpaired) electrons. The Morgan fingerprint density at radius 2 is 2.00 bits per heavy atom. The highest BCUT2D eigenvalue weighted by molar-refractivity contribution is 9.10. The van der Waals surface area contributed by atoms with Crippen LogP contribution in [-0.4, -0.2) is 25.7 Å². The van der Waals surface area contributed by atoms with Gasteiger partial charge in [0.1, 0.15) is 0 Å². The highest BCUT2D eigenvalue weighted by Crippen LogP contribution is 2.32. The number of aliphatic hydroxyl groups excluding tert-OH is 1. The van der Waals surface area contributed by atoms with Gasteiger partial charge < -0.3 is 5.11 Å². The molecule has 0 aromatic heterocycles. The van der Waals surface area contributed by atoms with Crippen molar-refractivity contribution in [3.05, 3.63) is 27.7 Å². The lowest BCUT2D eigenvalue weighted by atomic mass is 10.0. The Labute approximate surface area is 126 Å². The summed E-state index contributed by atoms with van der Waals surface area (Å²) < 4.78 is 27.8. The normalized spacial score (nSPS) is 18.7. The topological polar surface area (TPSA) is 66.4 Å². The molecule has 1 fully saturated rings. The number of aliphatic hydroxyl groups is 1. The molecule has 2 rings (SSSR count). The molecule has 0 bridgehead atoms. The van der Waals surface area contributed by atoms with Crippen molar-refractivity contribution in [1.82, 2.24) is 4.72 Å². The van der Waals surface area contributed by atoms with Crippen LogP contribution >= 0.6 is 27.5 Å². The monoisotopic (exact) mass is 367 g/mol. The van der Waals surface area contributed by atoms with Crippen LogP contribution in [0.1, 0.15) is 25.7 Å². The van der Waals surface area contributed by atoms with Crippen LogP contribution in [0.5, 0.6) is 0 Å². The molecule has 7 heteroatoms. The van der Waals surface area contributed by atoms with Crippen molar-refractivity contribution in [2.24, 2.45) is 0 Å². The largest absolute Gasteiger partial charge is 0.394 e. The van der Waals surface area contributed by atoms with Gasteiger partial charge in [0.2, 0.25) is 10.0 Å². The number of sulfonamides is 1. The predicted octanol–water partition coefficient (Wildman–Crippen LogP) is 2.69. The number of benzene rings is 1. The SMILES string of the molecule is O=S(=O)(NC1(CO)CCCC1)c1ccc(Cl)c(Br)c1. The van der Waals surface area contributed by atoms with Crippen LogP contribution in [0, 0.1) is 0 Å². The number of rotatable bonds is 4. The third kappa shape index (κ3) is 3.31. The lowest BCUT2D eigenvalue weighted by molar-refractivity contribution is 0.185. The zero-order valence-corrected chi connectivity index (χ0v) is 13.4. The Morgan fingerprint density at radius 1 is 1.37 bits per heavy atom. The van der Waals surface area contributed by atoms with Crippen LogP contribution in [0.15, 0.2) is 27.6 Å². The maximum absolute atomic E-state index is 12.3. The van der Waals surface area contributed by atoms with E-state index in [1.807, 2.05) is 0 Å². The number of hydrogen-bond acceptors (Lipinski definition) is 3. The zero-order valence-electron chi connectivity index (χ0n) is 10.2. The highest BCUT2D eigenvalue weighted by atomic mass is 79.9. The lowest BCUT2D eigenvalue weighted by Crippen LogP contribution is -2.49. The summed E-state index contributed by atoms with van der Waals surface area (Å²) in [7, 11) is -3.65. The van der Waals surface area contributed by atoms with Crippen molar-refractivity contribution in [2.75, 3.05) is 6.61 Å². The Hall–Kier alpha value is -0.140. The van der Waals surface area contributed by atoms with Gasteiger partial charge in [-0.3, -0.25) is 0 Å². The molecular weight excluding hydrogens is 354 g/mol. The van der Waals surface area contributed by atoms with E-state index in [2.05, 4.69) is 20.7 Å². The van der Waals surface area contributed by atoms with E-state index in [-0.39, 0.29) is 11.5 Å². The fourth-order valence-electron chi connectivity index (χ4n) is 2.33. The summed E-state index contributed by atoms with van der Waals surface area (Å²) in [5.41, 5.74) is -0.717. The Kier molecular flexibility index (Phi) is 4.57. The van der Waals surface area contributed by atoms with Crippen molar-refractivity contribution >= 4 is 37.6 Å². The van der Waals surface area contributed by atoms with Crippen molar-refractivity contribution < 1.29 is 13.5 Å². The minimum Gasteiger partial charge on any atom is -0.394 e. The summed E-state index contributed by atoms with van der Waals surface area (Å²) in [6.07, 6.45) is 3.18. The van der Waals surface area contributed by atoms with Gasteiger partial charge in [0.15, 0.2) is 0 Å². The standard InChI is InChI=1S/C12H15BrClNO3S/c13-10-7-9(3-4-11(10)14)19(17,18)15-12(8-16)5-1-2-6-12/h3-4,7,15-16H,1-2,5-6,8H2. The molecule has 4 nitrogen and oxygen atoms in total. The number of halogens is 2. The molecule has 19 heavy (non-hydrogen) atoms. The first kappa shape index (κ1) is 15.3. The van der Waals surface area contributed by atoms with Gasteiger partial charge in [0, 0.05) is 4.47 Å². The second-order valence-electron chi connectivity index (χ2n) is 4.83. The van der Waals surface area contributed by atoms with Gasteiger partial charge >= 0.3 is 0 Å². The maximum Gasteiger partial charge on any atom is 0.241 e. The molecule has 1 aromatic rings. The van der Waals surface area contributed by atoms with E-state index in [0.29, 0.717) is 22.3 Å². The van der Waals surface area contributed by atoms with Crippen molar-refractivity contribution in [3.8, 4) is 0 Å². The lowest BCUT2D eigenvalue weighted by Gasteiger charge is -2.27. The molecular formula is C12H15BrClNO3S.